The van der Waals surface area contributed by atoms with E-state index in [4.69, 9.17) is 5.11 Å². The normalized spacial score (nSPS) is 21.2. The van der Waals surface area contributed by atoms with E-state index in [2.05, 4.69) is 15.3 Å². The van der Waals surface area contributed by atoms with Crippen LogP contribution in [0.1, 0.15) is 37.1 Å². The molecular formula is C11H17N3O2. The highest BCUT2D eigenvalue weighted by molar-refractivity contribution is 5.83. The number of H-pyrrole nitrogens is 1. The van der Waals surface area contributed by atoms with Gasteiger partial charge in [-0.1, -0.05) is 0 Å². The number of imidazole rings is 1. The zero-order valence-corrected chi connectivity index (χ0v) is 9.36. The van der Waals surface area contributed by atoms with Crippen molar-refractivity contribution in [3.8, 4) is 0 Å². The summed E-state index contributed by atoms with van der Waals surface area (Å²) in [6, 6.07) is 0. The molecule has 0 radical (unpaired) electrons. The van der Waals surface area contributed by atoms with Crippen LogP contribution in [0, 0.1) is 0 Å². The first kappa shape index (κ1) is 11.1. The van der Waals surface area contributed by atoms with E-state index in [1.54, 1.807) is 13.3 Å². The molecule has 16 heavy (non-hydrogen) atoms. The van der Waals surface area contributed by atoms with Crippen LogP contribution in [0.15, 0.2) is 6.33 Å². The molecule has 1 unspecified atom stereocenters. The molecule has 0 saturated carbocycles. The van der Waals surface area contributed by atoms with Gasteiger partial charge in [-0.2, -0.15) is 0 Å². The molecule has 1 aliphatic carbocycles. The third kappa shape index (κ3) is 2.24. The van der Waals surface area contributed by atoms with Crippen molar-refractivity contribution in [2.24, 2.45) is 0 Å². The fourth-order valence-electron chi connectivity index (χ4n) is 2.08. The Hall–Kier alpha value is -1.36. The van der Waals surface area contributed by atoms with Gasteiger partial charge < -0.3 is 15.4 Å². The molecule has 0 saturated heterocycles. The maximum absolute atomic E-state index is 11.9. The van der Waals surface area contributed by atoms with Crippen molar-refractivity contribution >= 4 is 5.91 Å². The van der Waals surface area contributed by atoms with Gasteiger partial charge in [0.25, 0.3) is 0 Å². The Morgan fingerprint density at radius 1 is 1.81 bits per heavy atom. The van der Waals surface area contributed by atoms with E-state index in [-0.39, 0.29) is 11.8 Å². The number of aromatic amines is 1. The predicted octanol–water partition coefficient (Wildman–Crippen LogP) is 0.327. The van der Waals surface area contributed by atoms with Crippen molar-refractivity contribution in [2.75, 3.05) is 6.54 Å². The highest BCUT2D eigenvalue weighted by Crippen LogP contribution is 2.28. The Labute approximate surface area is 94.3 Å². The number of nitrogens with zero attached hydrogens (tertiary/aromatic N) is 1. The van der Waals surface area contributed by atoms with Crippen LogP contribution in [0.3, 0.4) is 0 Å². The van der Waals surface area contributed by atoms with Crippen LogP contribution >= 0.6 is 0 Å². The van der Waals surface area contributed by atoms with Gasteiger partial charge in [0.2, 0.25) is 5.91 Å². The molecule has 0 aliphatic heterocycles. The lowest BCUT2D eigenvalue weighted by atomic mass is 9.89. The predicted molar refractivity (Wildman–Crippen MR) is 59.0 cm³/mol. The molecular weight excluding hydrogens is 206 g/mol. The van der Waals surface area contributed by atoms with Gasteiger partial charge in [-0.3, -0.25) is 4.79 Å². The average molecular weight is 223 g/mol. The average Bonchev–Trinajstić information content (AvgIpc) is 2.73. The number of aliphatic hydroxyl groups excluding tert-OH is 1. The molecule has 1 aliphatic rings. The molecule has 0 aromatic carbocycles. The minimum Gasteiger partial charge on any atom is -0.392 e. The zero-order chi connectivity index (χ0) is 11.5. The molecule has 1 aromatic heterocycles. The summed E-state index contributed by atoms with van der Waals surface area (Å²) in [6.45, 7) is 1.95. The number of carbonyl (C=O) groups excluding carboxylic acids is 1. The van der Waals surface area contributed by atoms with E-state index in [9.17, 15) is 4.79 Å². The van der Waals surface area contributed by atoms with E-state index in [0.29, 0.717) is 6.54 Å². The molecule has 88 valence electrons. The van der Waals surface area contributed by atoms with E-state index in [1.165, 1.54) is 0 Å². The summed E-state index contributed by atoms with van der Waals surface area (Å²) in [4.78, 5) is 19.2. The molecule has 2 atom stereocenters. The Bertz CT molecular complexity index is 373. The number of rotatable bonds is 3. The Kier molecular flexibility index (Phi) is 3.24. The Balaban J connectivity index is 2.03. The Morgan fingerprint density at radius 2 is 2.62 bits per heavy atom. The van der Waals surface area contributed by atoms with Gasteiger partial charge in [0.05, 0.1) is 24.0 Å². The smallest absolute Gasteiger partial charge is 0.229 e. The highest BCUT2D eigenvalue weighted by atomic mass is 16.3. The van der Waals surface area contributed by atoms with Crippen LogP contribution in [-0.2, 0) is 11.2 Å². The number of fused-ring (bicyclic) bond motifs is 1. The third-order valence-corrected chi connectivity index (χ3v) is 2.89. The van der Waals surface area contributed by atoms with Crippen LogP contribution < -0.4 is 5.32 Å². The number of hydrogen-bond acceptors (Lipinski definition) is 3. The number of nitrogens with one attached hydrogen (secondary N) is 2. The topological polar surface area (TPSA) is 78.0 Å². The summed E-state index contributed by atoms with van der Waals surface area (Å²) >= 11 is 0. The molecule has 1 heterocycles. The van der Waals surface area contributed by atoms with Gasteiger partial charge in [0.1, 0.15) is 0 Å². The van der Waals surface area contributed by atoms with Crippen molar-refractivity contribution < 1.29 is 9.90 Å². The summed E-state index contributed by atoms with van der Waals surface area (Å²) in [5, 5.41) is 11.9. The molecule has 3 N–H and O–H groups in total. The third-order valence-electron chi connectivity index (χ3n) is 2.89. The van der Waals surface area contributed by atoms with Crippen molar-refractivity contribution in [1.29, 1.82) is 0 Å². The van der Waals surface area contributed by atoms with E-state index < -0.39 is 6.10 Å². The molecule has 0 spiro atoms. The van der Waals surface area contributed by atoms with Crippen LogP contribution in [0.25, 0.3) is 0 Å². The number of hydrogen-bond donors (Lipinski definition) is 3. The quantitative estimate of drug-likeness (QED) is 0.691. The second-order valence-corrected chi connectivity index (χ2v) is 4.31. The summed E-state index contributed by atoms with van der Waals surface area (Å²) < 4.78 is 0. The lowest BCUT2D eigenvalue weighted by molar-refractivity contribution is -0.123. The van der Waals surface area contributed by atoms with E-state index >= 15 is 0 Å². The van der Waals surface area contributed by atoms with E-state index in [1.807, 2.05) is 0 Å². The number of aliphatic hydroxyl groups is 1. The molecule has 2 rings (SSSR count). The molecule has 0 fully saturated rings. The van der Waals surface area contributed by atoms with E-state index in [0.717, 1.165) is 30.7 Å². The molecule has 1 aromatic rings. The van der Waals surface area contributed by atoms with Crippen molar-refractivity contribution in [3.05, 3.63) is 17.7 Å². The summed E-state index contributed by atoms with van der Waals surface area (Å²) in [5.41, 5.74) is 1.94. The first-order valence-electron chi connectivity index (χ1n) is 5.66. The van der Waals surface area contributed by atoms with Crippen molar-refractivity contribution in [2.45, 2.75) is 38.2 Å². The molecule has 5 heteroatoms. The van der Waals surface area contributed by atoms with Gasteiger partial charge >= 0.3 is 0 Å². The Morgan fingerprint density at radius 3 is 3.38 bits per heavy atom. The highest BCUT2D eigenvalue weighted by Gasteiger charge is 2.28. The zero-order valence-electron chi connectivity index (χ0n) is 9.36. The lowest BCUT2D eigenvalue weighted by Crippen LogP contribution is -2.35. The summed E-state index contributed by atoms with van der Waals surface area (Å²) in [7, 11) is 0. The molecule has 5 nitrogen and oxygen atoms in total. The minimum absolute atomic E-state index is 0.0334. The fourth-order valence-corrected chi connectivity index (χ4v) is 2.08. The van der Waals surface area contributed by atoms with Gasteiger partial charge in [0, 0.05) is 12.2 Å². The SMILES string of the molecule is C[C@@H](O)CNC(=O)C1CCCc2[nH]cnc21. The second-order valence-electron chi connectivity index (χ2n) is 4.31. The van der Waals surface area contributed by atoms with Gasteiger partial charge in [-0.15, -0.1) is 0 Å². The molecule has 0 bridgehead atoms. The maximum atomic E-state index is 11.9. The van der Waals surface area contributed by atoms with Crippen molar-refractivity contribution in [1.82, 2.24) is 15.3 Å². The van der Waals surface area contributed by atoms with Crippen LogP contribution in [-0.4, -0.2) is 33.6 Å². The van der Waals surface area contributed by atoms with Crippen molar-refractivity contribution in [3.63, 3.8) is 0 Å². The number of carbonyl (C=O) groups is 1. The maximum Gasteiger partial charge on any atom is 0.229 e. The molecule has 1 amide bonds. The number of aromatic nitrogens is 2. The van der Waals surface area contributed by atoms with Crippen LogP contribution in [0.4, 0.5) is 0 Å². The largest absolute Gasteiger partial charge is 0.392 e. The first-order chi connectivity index (χ1) is 7.68. The number of amides is 1. The fraction of sp³-hybridized carbons (Fsp3) is 0.636. The summed E-state index contributed by atoms with van der Waals surface area (Å²) in [6.07, 6.45) is 3.94. The monoisotopic (exact) mass is 223 g/mol. The minimum atomic E-state index is -0.508. The lowest BCUT2D eigenvalue weighted by Gasteiger charge is -2.20. The first-order valence-corrected chi connectivity index (χ1v) is 5.66. The standard InChI is InChI=1S/C11H17N3O2/c1-7(15)5-12-11(16)8-3-2-4-9-10(8)14-6-13-9/h6-8,15H,2-5H2,1H3,(H,12,16)(H,13,14)/t7-,8?/m1/s1. The van der Waals surface area contributed by atoms with Gasteiger partial charge in [-0.05, 0) is 26.2 Å². The van der Waals surface area contributed by atoms with Crippen LogP contribution in [0.2, 0.25) is 0 Å². The second kappa shape index (κ2) is 4.65. The van der Waals surface area contributed by atoms with Crippen LogP contribution in [0.5, 0.6) is 0 Å². The number of aryl methyl sites for hydroxylation is 1. The summed E-state index contributed by atoms with van der Waals surface area (Å²) in [5.74, 6) is -0.192. The van der Waals surface area contributed by atoms with Gasteiger partial charge in [-0.25, -0.2) is 4.98 Å². The van der Waals surface area contributed by atoms with Gasteiger partial charge in [0.15, 0.2) is 0 Å².